The minimum atomic E-state index is -0.710. The zero-order valence-electron chi connectivity index (χ0n) is 19.8. The number of rotatable bonds is 6. The summed E-state index contributed by atoms with van der Waals surface area (Å²) in [6, 6.07) is 0. The molecule has 0 rings (SSSR count). The van der Waals surface area contributed by atoms with Gasteiger partial charge in [0.15, 0.2) is 0 Å². The quantitative estimate of drug-likeness (QED) is 0.251. The van der Waals surface area contributed by atoms with Gasteiger partial charge in [0, 0.05) is 34.4 Å². The predicted molar refractivity (Wildman–Crippen MR) is 122 cm³/mol. The van der Waals surface area contributed by atoms with Crippen molar-refractivity contribution in [2.45, 2.75) is 41.5 Å². The Hall–Kier alpha value is -4.14. The van der Waals surface area contributed by atoms with Crippen molar-refractivity contribution < 1.29 is 43.0 Å². The first-order valence-electron chi connectivity index (χ1n) is 9.26. The summed E-state index contributed by atoms with van der Waals surface area (Å²) in [5.74, 6) is -4.13. The van der Waals surface area contributed by atoms with Gasteiger partial charge in [-0.3, -0.25) is 0 Å². The maximum atomic E-state index is 10.7. The van der Waals surface area contributed by atoms with Crippen LogP contribution in [0.4, 0.5) is 0 Å². The Kier molecular flexibility index (Phi) is 18.9. The molecule has 0 amide bonds. The zero-order valence-corrected chi connectivity index (χ0v) is 19.8. The van der Waals surface area contributed by atoms with Gasteiger partial charge in [-0.15, -0.1) is 0 Å². The monoisotopic (exact) mass is 462 g/mol. The Morgan fingerprint density at radius 3 is 0.848 bits per heavy atom. The minimum absolute atomic E-state index is 0.194. The Labute approximate surface area is 193 Å². The van der Waals surface area contributed by atoms with E-state index in [4.69, 9.17) is 0 Å². The molecule has 0 aliphatic heterocycles. The molecule has 180 valence electrons. The molecule has 0 bridgehead atoms. The summed E-state index contributed by atoms with van der Waals surface area (Å²) in [6.07, 6.45) is 5.37. The molecule has 0 aliphatic carbocycles. The van der Waals surface area contributed by atoms with Gasteiger partial charge in [0.25, 0.3) is 0 Å². The van der Waals surface area contributed by atoms with E-state index < -0.39 is 35.8 Å². The molecule has 0 heterocycles. The van der Waals surface area contributed by atoms with Crippen LogP contribution in [0.5, 0.6) is 0 Å². The molecule has 0 atom stereocenters. The van der Waals surface area contributed by atoms with Crippen LogP contribution in [0, 0.1) is 0 Å². The molecule has 9 heteroatoms. The average Bonchev–Trinajstić information content (AvgIpc) is 2.68. The highest BCUT2D eigenvalue weighted by Gasteiger charge is 2.11. The van der Waals surface area contributed by atoms with E-state index in [0.29, 0.717) is 0 Å². The van der Waals surface area contributed by atoms with Gasteiger partial charge >= 0.3 is 35.8 Å². The third-order valence-electron chi connectivity index (χ3n) is 2.57. The molecule has 0 aromatic heterocycles. The van der Waals surface area contributed by atoms with E-state index in [1.807, 2.05) is 0 Å². The molecular weight excluding hydrogens is 432 g/mol. The summed E-state index contributed by atoms with van der Waals surface area (Å²) in [6.45, 7) is 22.4. The van der Waals surface area contributed by atoms with Crippen molar-refractivity contribution in [3.63, 3.8) is 0 Å². The summed E-state index contributed by atoms with van der Waals surface area (Å²) < 4.78 is 12.9. The number of allylic oxidation sites excluding steroid dienone is 2. The molecule has 0 spiro atoms. The van der Waals surface area contributed by atoms with Gasteiger partial charge in [-0.2, -0.15) is 0 Å². The maximum Gasteiger partial charge on any atom is 0.340 e. The number of ether oxygens (including phenoxy) is 3. The summed E-state index contributed by atoms with van der Waals surface area (Å²) >= 11 is 0. The molecule has 33 heavy (non-hydrogen) atoms. The second-order valence-electron chi connectivity index (χ2n) is 6.22. The molecule has 0 saturated heterocycles. The molecular formula is C24H30O9. The average molecular weight is 462 g/mol. The summed E-state index contributed by atoms with van der Waals surface area (Å²) in [5.41, 5.74) is 0.776. The number of hydrogen-bond donors (Lipinski definition) is 0. The number of carbonyl (C=O) groups excluding carboxylic acids is 6. The van der Waals surface area contributed by atoms with Crippen LogP contribution in [0.25, 0.3) is 0 Å². The first-order chi connectivity index (χ1) is 15.1. The highest BCUT2D eigenvalue weighted by molar-refractivity contribution is 6.01. The predicted octanol–water partition coefficient (Wildman–Crippen LogP) is 3.63. The summed E-state index contributed by atoms with van der Waals surface area (Å²) in [5, 5.41) is 0. The normalized spacial score (nSPS) is 9.27. The van der Waals surface area contributed by atoms with E-state index in [9.17, 15) is 28.8 Å². The van der Waals surface area contributed by atoms with Gasteiger partial charge < -0.3 is 14.2 Å². The first kappa shape index (κ1) is 33.5. The van der Waals surface area contributed by atoms with Gasteiger partial charge in [-0.25, -0.2) is 28.8 Å². The molecule has 0 aromatic carbocycles. The van der Waals surface area contributed by atoms with E-state index in [1.165, 1.54) is 52.0 Å². The van der Waals surface area contributed by atoms with E-state index in [0.717, 1.165) is 0 Å². The second kappa shape index (κ2) is 18.6. The largest absolute Gasteiger partial charge is 0.387 e. The first-order valence-corrected chi connectivity index (χ1v) is 9.26. The van der Waals surface area contributed by atoms with E-state index in [-0.39, 0.29) is 22.3 Å². The van der Waals surface area contributed by atoms with Crippen LogP contribution in [-0.4, -0.2) is 35.8 Å². The summed E-state index contributed by atoms with van der Waals surface area (Å²) in [4.78, 5) is 63.8. The van der Waals surface area contributed by atoms with Gasteiger partial charge in [0.1, 0.15) is 0 Å². The van der Waals surface area contributed by atoms with Crippen molar-refractivity contribution in [2.24, 2.45) is 0 Å². The highest BCUT2D eigenvalue weighted by atomic mass is 16.6. The number of esters is 6. The Morgan fingerprint density at radius 1 is 0.485 bits per heavy atom. The third-order valence-corrected chi connectivity index (χ3v) is 2.57. The lowest BCUT2D eigenvalue weighted by atomic mass is 10.3. The van der Waals surface area contributed by atoms with Crippen LogP contribution in [0.1, 0.15) is 41.5 Å². The third kappa shape index (κ3) is 20.9. The van der Waals surface area contributed by atoms with Gasteiger partial charge in [-0.05, 0) is 41.5 Å². The van der Waals surface area contributed by atoms with E-state index in [2.05, 4.69) is 40.5 Å². The molecule has 0 aliphatic rings. The fourth-order valence-electron chi connectivity index (χ4n) is 0.956. The lowest BCUT2D eigenvalue weighted by Crippen LogP contribution is -2.12. The van der Waals surface area contributed by atoms with Gasteiger partial charge in [0.05, 0.1) is 0 Å². The topological polar surface area (TPSA) is 130 Å². The maximum absolute atomic E-state index is 10.7. The Balaban J connectivity index is -0.000000409. The van der Waals surface area contributed by atoms with Gasteiger partial charge in [-0.1, -0.05) is 38.5 Å². The van der Waals surface area contributed by atoms with Crippen LogP contribution in [0.15, 0.2) is 72.9 Å². The molecule has 0 fully saturated rings. The van der Waals surface area contributed by atoms with Crippen molar-refractivity contribution in [3.8, 4) is 0 Å². The molecule has 9 nitrogen and oxygen atoms in total. The van der Waals surface area contributed by atoms with Crippen LogP contribution < -0.4 is 0 Å². The molecule has 0 unspecified atom stereocenters. The SMILES string of the molecule is C/C=C/C(=O)OC(=O)/C=C/C.C=C(C)C(=O)OC(=O)C(=C)C.C=C(C)C(=O)OC(=O)C(=C)C. The molecule has 0 saturated carbocycles. The second-order valence-corrected chi connectivity index (χ2v) is 6.22. The smallest absolute Gasteiger partial charge is 0.340 e. The van der Waals surface area contributed by atoms with Crippen LogP contribution in [0.3, 0.4) is 0 Å². The zero-order chi connectivity index (χ0) is 26.7. The Morgan fingerprint density at radius 2 is 0.697 bits per heavy atom. The Bertz CT molecular complexity index is 764. The summed E-state index contributed by atoms with van der Waals surface area (Å²) in [7, 11) is 0. The molecule has 0 aromatic rings. The van der Waals surface area contributed by atoms with Crippen molar-refractivity contribution in [2.75, 3.05) is 0 Å². The fourth-order valence-corrected chi connectivity index (χ4v) is 0.956. The fraction of sp³-hybridized carbons (Fsp3) is 0.250. The lowest BCUT2D eigenvalue weighted by molar-refractivity contribution is -0.155. The highest BCUT2D eigenvalue weighted by Crippen LogP contribution is 1.98. The molecule has 0 radical (unpaired) electrons. The van der Waals surface area contributed by atoms with Crippen LogP contribution >= 0.6 is 0 Å². The van der Waals surface area contributed by atoms with E-state index >= 15 is 0 Å². The van der Waals surface area contributed by atoms with Crippen molar-refractivity contribution >= 4 is 35.8 Å². The van der Waals surface area contributed by atoms with Crippen molar-refractivity contribution in [1.82, 2.24) is 0 Å². The lowest BCUT2D eigenvalue weighted by Gasteiger charge is -1.99. The number of carbonyl (C=O) groups is 6. The van der Waals surface area contributed by atoms with Crippen molar-refractivity contribution in [1.29, 1.82) is 0 Å². The van der Waals surface area contributed by atoms with E-state index in [1.54, 1.807) is 13.8 Å². The van der Waals surface area contributed by atoms with Gasteiger partial charge in [0.2, 0.25) is 0 Å². The standard InChI is InChI=1S/3C8H10O3/c2*1-5(2)7(9)11-8(10)6(3)4;1-3-5-7(9)11-8(10)6-4-2/h2*1,3H2,2,4H3;3-6H,1-2H3/b;;5-3+,6-4+. The van der Waals surface area contributed by atoms with Crippen molar-refractivity contribution in [3.05, 3.63) is 72.9 Å². The number of hydrogen-bond acceptors (Lipinski definition) is 9. The molecule has 0 N–H and O–H groups in total. The minimum Gasteiger partial charge on any atom is -0.387 e. The van der Waals surface area contributed by atoms with Crippen LogP contribution in [0.2, 0.25) is 0 Å². The van der Waals surface area contributed by atoms with Crippen LogP contribution in [-0.2, 0) is 43.0 Å².